The van der Waals surface area contributed by atoms with E-state index in [1.165, 1.54) is 0 Å². The Hall–Kier alpha value is -0.340. The lowest BCUT2D eigenvalue weighted by molar-refractivity contribution is -0.278. The lowest BCUT2D eigenvalue weighted by Crippen LogP contribution is -2.59. The van der Waals surface area contributed by atoms with E-state index in [9.17, 15) is 32.2 Å². The average Bonchev–Trinajstić information content (AvgIpc) is 2.25. The number of hydrogen-bond donors (Lipinski definition) is 3. The molecule has 0 aromatic carbocycles. The molecule has 1 saturated heterocycles. The Bertz CT molecular complexity index is 523. The quantitative estimate of drug-likeness (QED) is 0.435. The summed E-state index contributed by atoms with van der Waals surface area (Å²) >= 11 is 0. The molecule has 1 rings (SSSR count). The van der Waals surface area contributed by atoms with Crippen LogP contribution in [0.2, 0.25) is 0 Å². The summed E-state index contributed by atoms with van der Waals surface area (Å²) in [6, 6.07) is 0. The summed E-state index contributed by atoms with van der Waals surface area (Å²) in [5.41, 5.74) is 0. The first-order valence-electron chi connectivity index (χ1n) is 5.33. The van der Waals surface area contributed by atoms with Crippen LogP contribution in [-0.2, 0) is 33.3 Å². The molecule has 5 atom stereocenters. The van der Waals surface area contributed by atoms with Crippen molar-refractivity contribution in [3.63, 3.8) is 0 Å². The Balaban J connectivity index is 2.76. The highest BCUT2D eigenvalue weighted by molar-refractivity contribution is 7.86. The fourth-order valence-corrected chi connectivity index (χ4v) is 2.55. The lowest BCUT2D eigenvalue weighted by Gasteiger charge is -2.39. The Kier molecular flexibility index (Phi) is 5.48. The number of aliphatic hydroxyl groups is 3. The predicted octanol–water partition coefficient (Wildman–Crippen LogP) is -3.25. The zero-order valence-electron chi connectivity index (χ0n) is 10.6. The van der Waals surface area contributed by atoms with E-state index < -0.39 is 57.5 Å². The molecule has 0 unspecified atom stereocenters. The van der Waals surface area contributed by atoms with Gasteiger partial charge in [-0.25, -0.2) is 0 Å². The number of rotatable bonds is 5. The second-order valence-electron chi connectivity index (χ2n) is 4.30. The highest BCUT2D eigenvalue weighted by Gasteiger charge is 2.46. The Morgan fingerprint density at radius 3 is 2.00 bits per heavy atom. The van der Waals surface area contributed by atoms with Crippen LogP contribution < -0.4 is 0 Å². The highest BCUT2D eigenvalue weighted by atomic mass is 32.2. The van der Waals surface area contributed by atoms with Gasteiger partial charge in [-0.05, 0) is 0 Å². The molecule has 20 heavy (non-hydrogen) atoms. The normalized spacial score (nSPS) is 36.0. The van der Waals surface area contributed by atoms with E-state index in [0.29, 0.717) is 6.26 Å². The molecule has 1 aliphatic heterocycles. The molecule has 0 aromatic rings. The van der Waals surface area contributed by atoms with Crippen LogP contribution in [0, 0.1) is 0 Å². The third-order valence-corrected chi connectivity index (χ3v) is 3.53. The Morgan fingerprint density at radius 1 is 1.00 bits per heavy atom. The molecule has 1 heterocycles. The van der Waals surface area contributed by atoms with Gasteiger partial charge in [0.05, 0.1) is 19.1 Å². The minimum atomic E-state index is -4.00. The third kappa shape index (κ3) is 5.21. The molecule has 12 heteroatoms. The molecule has 0 amide bonds. The first-order valence-corrected chi connectivity index (χ1v) is 8.96. The highest BCUT2D eigenvalue weighted by Crippen LogP contribution is 2.23. The van der Waals surface area contributed by atoms with Crippen molar-refractivity contribution in [3.05, 3.63) is 0 Å². The number of hydrogen-bond acceptors (Lipinski definition) is 10. The Labute approximate surface area is 116 Å². The van der Waals surface area contributed by atoms with Gasteiger partial charge in [0.25, 0.3) is 20.2 Å². The summed E-state index contributed by atoms with van der Waals surface area (Å²) in [6.45, 7) is -0.653. The van der Waals surface area contributed by atoms with Crippen molar-refractivity contribution < 1.29 is 45.3 Å². The fourth-order valence-electron chi connectivity index (χ4n) is 1.55. The first kappa shape index (κ1) is 17.7. The maximum Gasteiger partial charge on any atom is 0.264 e. The molecular formula is C8H16O10S2. The molecule has 10 nitrogen and oxygen atoms in total. The molecule has 0 aliphatic carbocycles. The standard InChI is InChI=1S/C8H16O10S2/c1-19(12,13)16-3-4-5(9)6(10)7(8(11)17-4)18-20(2,14)15/h4-11H,3H2,1-2H3/t4-,5+,6+,7-,8-/m0/s1. The summed E-state index contributed by atoms with van der Waals surface area (Å²) in [5, 5.41) is 28.9. The van der Waals surface area contributed by atoms with Crippen LogP contribution in [0.15, 0.2) is 0 Å². The third-order valence-electron chi connectivity index (χ3n) is 2.39. The minimum Gasteiger partial charge on any atom is -0.387 e. The molecule has 0 spiro atoms. The Morgan fingerprint density at radius 2 is 1.55 bits per heavy atom. The van der Waals surface area contributed by atoms with Gasteiger partial charge in [-0.1, -0.05) is 0 Å². The van der Waals surface area contributed by atoms with Gasteiger partial charge in [-0.15, -0.1) is 0 Å². The summed E-state index contributed by atoms with van der Waals surface area (Å²) in [7, 11) is -7.81. The van der Waals surface area contributed by atoms with Crippen molar-refractivity contribution in [2.75, 3.05) is 19.1 Å². The van der Waals surface area contributed by atoms with Gasteiger partial charge in [-0.2, -0.15) is 16.8 Å². The van der Waals surface area contributed by atoms with E-state index in [-0.39, 0.29) is 0 Å². The van der Waals surface area contributed by atoms with Crippen molar-refractivity contribution >= 4 is 20.2 Å². The van der Waals surface area contributed by atoms with Gasteiger partial charge < -0.3 is 20.1 Å². The van der Waals surface area contributed by atoms with Crippen molar-refractivity contribution in [1.29, 1.82) is 0 Å². The summed E-state index contributed by atoms with van der Waals surface area (Å²) in [4.78, 5) is 0. The van der Waals surface area contributed by atoms with Crippen molar-refractivity contribution in [2.45, 2.75) is 30.7 Å². The topological polar surface area (TPSA) is 157 Å². The van der Waals surface area contributed by atoms with Gasteiger partial charge in [-0.3, -0.25) is 8.37 Å². The van der Waals surface area contributed by atoms with Crippen LogP contribution in [0.4, 0.5) is 0 Å². The largest absolute Gasteiger partial charge is 0.387 e. The second kappa shape index (κ2) is 6.19. The zero-order valence-corrected chi connectivity index (χ0v) is 12.2. The molecule has 0 aromatic heterocycles. The molecule has 120 valence electrons. The SMILES string of the molecule is CS(=O)(=O)OC[C@@H]1O[C@H](O)[C@@H](OS(C)(=O)=O)[C@H](O)[C@@H]1O. The van der Waals surface area contributed by atoms with E-state index in [1.54, 1.807) is 0 Å². The van der Waals surface area contributed by atoms with E-state index in [4.69, 9.17) is 4.74 Å². The van der Waals surface area contributed by atoms with Crippen LogP contribution in [0.1, 0.15) is 0 Å². The first-order chi connectivity index (χ1) is 8.91. The van der Waals surface area contributed by atoms with Crippen LogP contribution in [0.5, 0.6) is 0 Å². The van der Waals surface area contributed by atoms with E-state index >= 15 is 0 Å². The summed E-state index contributed by atoms with van der Waals surface area (Å²) in [5.74, 6) is 0. The summed E-state index contributed by atoms with van der Waals surface area (Å²) in [6.07, 6.45) is -7.02. The van der Waals surface area contributed by atoms with Gasteiger partial charge in [0.2, 0.25) is 0 Å². The van der Waals surface area contributed by atoms with Gasteiger partial charge >= 0.3 is 0 Å². The lowest BCUT2D eigenvalue weighted by atomic mass is 9.99. The second-order valence-corrected chi connectivity index (χ2v) is 7.54. The maximum absolute atomic E-state index is 11.0. The van der Waals surface area contributed by atoms with E-state index in [1.807, 2.05) is 0 Å². The van der Waals surface area contributed by atoms with Gasteiger partial charge in [0.1, 0.15) is 18.3 Å². The molecule has 0 saturated carbocycles. The molecule has 1 aliphatic rings. The molecule has 0 bridgehead atoms. The van der Waals surface area contributed by atoms with E-state index in [0.717, 1.165) is 6.26 Å². The zero-order chi connectivity index (χ0) is 15.7. The van der Waals surface area contributed by atoms with Crippen molar-refractivity contribution in [2.24, 2.45) is 0 Å². The minimum absolute atomic E-state index is 0.653. The van der Waals surface area contributed by atoms with Crippen LogP contribution in [-0.4, -0.2) is 82.0 Å². The van der Waals surface area contributed by atoms with E-state index in [2.05, 4.69) is 8.37 Å². The van der Waals surface area contributed by atoms with Crippen LogP contribution >= 0.6 is 0 Å². The van der Waals surface area contributed by atoms with Gasteiger partial charge in [0.15, 0.2) is 12.4 Å². The monoisotopic (exact) mass is 336 g/mol. The number of aliphatic hydroxyl groups excluding tert-OH is 3. The fraction of sp³-hybridized carbons (Fsp3) is 1.00. The van der Waals surface area contributed by atoms with Crippen LogP contribution in [0.3, 0.4) is 0 Å². The molecule has 0 radical (unpaired) electrons. The summed E-state index contributed by atoms with van der Waals surface area (Å²) < 4.78 is 57.1. The number of ether oxygens (including phenoxy) is 1. The van der Waals surface area contributed by atoms with Crippen LogP contribution in [0.25, 0.3) is 0 Å². The molecule has 1 fully saturated rings. The van der Waals surface area contributed by atoms with Gasteiger partial charge in [0, 0.05) is 0 Å². The maximum atomic E-state index is 11.0. The van der Waals surface area contributed by atoms with Crippen molar-refractivity contribution in [1.82, 2.24) is 0 Å². The predicted molar refractivity (Wildman–Crippen MR) is 63.4 cm³/mol. The molecule has 3 N–H and O–H groups in total. The molecular weight excluding hydrogens is 320 g/mol. The smallest absolute Gasteiger partial charge is 0.264 e. The van der Waals surface area contributed by atoms with Crippen molar-refractivity contribution in [3.8, 4) is 0 Å². The average molecular weight is 336 g/mol.